The maximum atomic E-state index is 11.4. The van der Waals surface area contributed by atoms with Gasteiger partial charge in [0.2, 0.25) is 5.91 Å². The minimum absolute atomic E-state index is 0.0152. The van der Waals surface area contributed by atoms with Gasteiger partial charge >= 0.3 is 5.97 Å². The number of carboxylic acid groups (broad SMARTS) is 1. The van der Waals surface area contributed by atoms with Gasteiger partial charge in [-0.25, -0.2) is 4.79 Å². The van der Waals surface area contributed by atoms with Crippen LogP contribution >= 0.6 is 27.7 Å². The number of thioether (sulfide) groups is 1. The maximum absolute atomic E-state index is 11.4. The summed E-state index contributed by atoms with van der Waals surface area (Å²) < 4.78 is -0.408. The smallest absolute Gasteiger partial charge is 0.327 e. The fourth-order valence-electron chi connectivity index (χ4n) is 1.97. The molecule has 1 amide bonds. The Morgan fingerprint density at radius 2 is 2.21 bits per heavy atom. The molecule has 2 saturated heterocycles. The van der Waals surface area contributed by atoms with Crippen molar-refractivity contribution >= 4 is 39.6 Å². The number of aliphatic carboxylic acids is 1. The van der Waals surface area contributed by atoms with Gasteiger partial charge in [-0.15, -0.1) is 11.8 Å². The van der Waals surface area contributed by atoms with E-state index in [-0.39, 0.29) is 16.1 Å². The van der Waals surface area contributed by atoms with Gasteiger partial charge in [0.15, 0.2) is 0 Å². The van der Waals surface area contributed by atoms with Crippen LogP contribution in [0.4, 0.5) is 0 Å². The molecule has 0 aliphatic carbocycles. The zero-order valence-electron chi connectivity index (χ0n) is 7.73. The van der Waals surface area contributed by atoms with Crippen molar-refractivity contribution in [1.82, 2.24) is 4.90 Å². The van der Waals surface area contributed by atoms with Crippen LogP contribution in [-0.4, -0.2) is 42.9 Å². The van der Waals surface area contributed by atoms with Crippen LogP contribution < -0.4 is 0 Å². The van der Waals surface area contributed by atoms with E-state index in [1.54, 1.807) is 11.8 Å². The molecule has 14 heavy (non-hydrogen) atoms. The van der Waals surface area contributed by atoms with Gasteiger partial charge in [-0.1, -0.05) is 15.9 Å². The van der Waals surface area contributed by atoms with E-state index < -0.39 is 16.8 Å². The second-order valence-corrected chi connectivity index (χ2v) is 6.76. The molecule has 2 fully saturated rings. The summed E-state index contributed by atoms with van der Waals surface area (Å²) in [5, 5.41) is 9.04. The minimum Gasteiger partial charge on any atom is -0.480 e. The Labute approximate surface area is 94.1 Å². The molecule has 78 valence electrons. The topological polar surface area (TPSA) is 57.6 Å². The molecule has 2 aliphatic heterocycles. The van der Waals surface area contributed by atoms with Crippen LogP contribution in [0.15, 0.2) is 0 Å². The summed E-state index contributed by atoms with van der Waals surface area (Å²) >= 11 is 4.80. The van der Waals surface area contributed by atoms with E-state index in [1.165, 1.54) is 4.90 Å². The molecule has 1 N–H and O–H groups in total. The van der Waals surface area contributed by atoms with Crippen molar-refractivity contribution in [2.45, 2.75) is 34.8 Å². The van der Waals surface area contributed by atoms with Crippen molar-refractivity contribution in [3.63, 3.8) is 0 Å². The highest BCUT2D eigenvalue weighted by Gasteiger charge is 2.62. The van der Waals surface area contributed by atoms with E-state index in [1.807, 2.05) is 13.8 Å². The van der Waals surface area contributed by atoms with E-state index in [4.69, 9.17) is 5.11 Å². The summed E-state index contributed by atoms with van der Waals surface area (Å²) in [7, 11) is 0. The molecule has 0 aromatic carbocycles. The number of alkyl halides is 1. The molecule has 0 saturated carbocycles. The largest absolute Gasteiger partial charge is 0.480 e. The molecule has 2 heterocycles. The Morgan fingerprint density at radius 1 is 1.64 bits per heavy atom. The number of rotatable bonds is 1. The summed E-state index contributed by atoms with van der Waals surface area (Å²) in [5.41, 5.74) is 0. The molecule has 0 spiro atoms. The lowest BCUT2D eigenvalue weighted by molar-refractivity contribution is -0.156. The third kappa shape index (κ3) is 1.13. The van der Waals surface area contributed by atoms with Crippen LogP contribution in [0.1, 0.15) is 13.8 Å². The summed E-state index contributed by atoms with van der Waals surface area (Å²) in [4.78, 5) is 23.7. The van der Waals surface area contributed by atoms with Gasteiger partial charge in [0, 0.05) is 4.75 Å². The van der Waals surface area contributed by atoms with Crippen LogP contribution in [0.3, 0.4) is 0 Å². The Kier molecular flexibility index (Phi) is 2.12. The molecule has 2 unspecified atom stereocenters. The molecule has 2 aliphatic rings. The van der Waals surface area contributed by atoms with Crippen LogP contribution in [0.2, 0.25) is 0 Å². The van der Waals surface area contributed by atoms with Gasteiger partial charge in [0.05, 0.1) is 0 Å². The molecular weight excluding hydrogens is 270 g/mol. The SMILES string of the molecule is CC1(C)SC2C(Br)C(=O)N2[C@H]1C(=O)O. The van der Waals surface area contributed by atoms with Crippen molar-refractivity contribution in [1.29, 1.82) is 0 Å². The normalized spacial score (nSPS) is 39.2. The number of amides is 1. The fraction of sp³-hybridized carbons (Fsp3) is 0.750. The third-order valence-electron chi connectivity index (χ3n) is 2.61. The Bertz CT molecular complexity index is 320. The number of carbonyl (C=O) groups excluding carboxylic acids is 1. The Balaban J connectivity index is 2.32. The van der Waals surface area contributed by atoms with Gasteiger partial charge in [0.1, 0.15) is 16.2 Å². The van der Waals surface area contributed by atoms with Crippen molar-refractivity contribution in [3.8, 4) is 0 Å². The first-order valence-corrected chi connectivity index (χ1v) is 6.02. The molecular formula is C8H10BrNO3S. The number of hydrogen-bond acceptors (Lipinski definition) is 3. The zero-order valence-corrected chi connectivity index (χ0v) is 10.1. The van der Waals surface area contributed by atoms with Gasteiger partial charge < -0.3 is 10.0 Å². The molecule has 0 aromatic heterocycles. The highest BCUT2D eigenvalue weighted by atomic mass is 79.9. The first-order chi connectivity index (χ1) is 6.36. The van der Waals surface area contributed by atoms with E-state index in [2.05, 4.69) is 15.9 Å². The molecule has 2 rings (SSSR count). The molecule has 0 bridgehead atoms. The summed E-state index contributed by atoms with van der Waals surface area (Å²) in [6.45, 7) is 3.73. The van der Waals surface area contributed by atoms with Crippen LogP contribution in [-0.2, 0) is 9.59 Å². The van der Waals surface area contributed by atoms with Crippen molar-refractivity contribution in [3.05, 3.63) is 0 Å². The lowest BCUT2D eigenvalue weighted by Gasteiger charge is -2.40. The van der Waals surface area contributed by atoms with Crippen molar-refractivity contribution in [2.24, 2.45) is 0 Å². The zero-order chi connectivity index (χ0) is 10.7. The van der Waals surface area contributed by atoms with Crippen molar-refractivity contribution in [2.75, 3.05) is 0 Å². The third-order valence-corrected chi connectivity index (χ3v) is 5.42. The van der Waals surface area contributed by atoms with Crippen LogP contribution in [0.5, 0.6) is 0 Å². The number of fused-ring (bicyclic) bond motifs is 1. The number of halogens is 1. The number of carboxylic acids is 1. The lowest BCUT2D eigenvalue weighted by atomic mass is 9.98. The van der Waals surface area contributed by atoms with Gasteiger partial charge in [0.25, 0.3) is 0 Å². The maximum Gasteiger partial charge on any atom is 0.327 e. The van der Waals surface area contributed by atoms with Crippen LogP contribution in [0, 0.1) is 0 Å². The highest BCUT2D eigenvalue weighted by Crippen LogP contribution is 2.52. The molecule has 4 nitrogen and oxygen atoms in total. The summed E-state index contributed by atoms with van der Waals surface area (Å²) in [6.07, 6.45) is 0. The minimum atomic E-state index is -0.919. The number of β-lactam (4-membered cyclic amide) rings is 1. The quantitative estimate of drug-likeness (QED) is 0.572. The molecule has 6 heteroatoms. The van der Waals surface area contributed by atoms with E-state index in [9.17, 15) is 9.59 Å². The second-order valence-electron chi connectivity index (χ2n) is 4.00. The standard InChI is InChI=1S/C8H10BrNO3S/c1-8(2)4(7(12)13)10-5(11)3(9)6(10)14-8/h3-4,6H,1-2H3,(H,12,13)/t3?,4-,6?/m0/s1. The highest BCUT2D eigenvalue weighted by molar-refractivity contribution is 9.10. The average molecular weight is 280 g/mol. The Hall–Kier alpha value is -0.230. The first-order valence-electron chi connectivity index (χ1n) is 4.23. The van der Waals surface area contributed by atoms with Gasteiger partial charge in [-0.2, -0.15) is 0 Å². The average Bonchev–Trinajstić information content (AvgIpc) is 2.34. The fourth-order valence-corrected chi connectivity index (χ4v) is 4.32. The Morgan fingerprint density at radius 3 is 2.71 bits per heavy atom. The predicted molar refractivity (Wildman–Crippen MR) is 56.4 cm³/mol. The molecule has 0 aromatic rings. The van der Waals surface area contributed by atoms with E-state index >= 15 is 0 Å². The van der Waals surface area contributed by atoms with Gasteiger partial charge in [-0.05, 0) is 13.8 Å². The first kappa shape index (κ1) is 10.3. The van der Waals surface area contributed by atoms with E-state index in [0.29, 0.717) is 0 Å². The summed E-state index contributed by atoms with van der Waals surface area (Å²) in [6, 6.07) is -0.696. The molecule has 3 atom stereocenters. The number of hydrogen-bond donors (Lipinski definition) is 1. The number of carbonyl (C=O) groups is 2. The van der Waals surface area contributed by atoms with E-state index in [0.717, 1.165) is 0 Å². The number of nitrogens with zero attached hydrogens (tertiary/aromatic N) is 1. The summed E-state index contributed by atoms with van der Waals surface area (Å²) in [5.74, 6) is -1.03. The van der Waals surface area contributed by atoms with Gasteiger partial charge in [-0.3, -0.25) is 4.79 Å². The molecule has 0 radical (unpaired) electrons. The van der Waals surface area contributed by atoms with Crippen molar-refractivity contribution < 1.29 is 14.7 Å². The monoisotopic (exact) mass is 279 g/mol. The predicted octanol–water partition coefficient (Wildman–Crippen LogP) is 0.897. The van der Waals surface area contributed by atoms with Crippen LogP contribution in [0.25, 0.3) is 0 Å². The lowest BCUT2D eigenvalue weighted by Crippen LogP contribution is -2.63. The second kappa shape index (κ2) is 2.88.